The maximum atomic E-state index is 12.7. The Labute approximate surface area is 127 Å². The number of fused-ring (bicyclic) bond motifs is 1. The molecule has 3 rings (SSSR count). The van der Waals surface area contributed by atoms with Crippen LogP contribution < -0.4 is 10.6 Å². The van der Waals surface area contributed by atoms with Crippen LogP contribution in [0.25, 0.3) is 10.2 Å². The van der Waals surface area contributed by atoms with Gasteiger partial charge in [0.25, 0.3) is 0 Å². The van der Waals surface area contributed by atoms with Crippen LogP contribution in [0.3, 0.4) is 0 Å². The predicted molar refractivity (Wildman–Crippen MR) is 75.8 cm³/mol. The number of carbonyl (C=O) groups excluding carboxylic acids is 1. The summed E-state index contributed by atoms with van der Waals surface area (Å²) in [6.07, 6.45) is -4.41. The molecule has 0 saturated carbocycles. The zero-order valence-electron chi connectivity index (χ0n) is 11.3. The first-order valence-corrected chi connectivity index (χ1v) is 7.29. The summed E-state index contributed by atoms with van der Waals surface area (Å²) in [5.41, 5.74) is 4.85. The number of nitrogens with two attached hydrogens (primary N) is 1. The van der Waals surface area contributed by atoms with Crippen LogP contribution >= 0.6 is 11.3 Å². The average Bonchev–Trinajstić information content (AvgIpc) is 2.89. The molecular formula is C13H12F3N3O2S. The Morgan fingerprint density at radius 1 is 1.45 bits per heavy atom. The monoisotopic (exact) mass is 331 g/mol. The zero-order valence-corrected chi connectivity index (χ0v) is 12.1. The van der Waals surface area contributed by atoms with E-state index in [4.69, 9.17) is 10.5 Å². The number of hydrogen-bond donors (Lipinski definition) is 1. The molecule has 0 spiro atoms. The van der Waals surface area contributed by atoms with E-state index in [-0.39, 0.29) is 12.1 Å². The van der Waals surface area contributed by atoms with Gasteiger partial charge in [0.2, 0.25) is 5.91 Å². The number of anilines is 1. The van der Waals surface area contributed by atoms with Crippen molar-refractivity contribution in [2.24, 2.45) is 5.73 Å². The SMILES string of the molecule is NC(=O)[C@H]1COCCN1c1nc2cc(C(F)(F)F)ccc2s1. The minimum absolute atomic E-state index is 0.152. The second kappa shape index (κ2) is 5.40. The Morgan fingerprint density at radius 2 is 2.23 bits per heavy atom. The molecule has 1 fully saturated rings. The molecule has 1 aliphatic rings. The second-order valence-electron chi connectivity index (χ2n) is 4.86. The third-order valence-electron chi connectivity index (χ3n) is 3.41. The fourth-order valence-electron chi connectivity index (χ4n) is 2.28. The van der Waals surface area contributed by atoms with Crippen molar-refractivity contribution >= 4 is 32.6 Å². The van der Waals surface area contributed by atoms with Crippen LogP contribution in [0.4, 0.5) is 18.3 Å². The van der Waals surface area contributed by atoms with E-state index in [1.54, 1.807) is 4.90 Å². The minimum Gasteiger partial charge on any atom is -0.377 e. The molecule has 22 heavy (non-hydrogen) atoms. The predicted octanol–water partition coefficient (Wildman–Crippen LogP) is 2.01. The quantitative estimate of drug-likeness (QED) is 0.914. The average molecular weight is 331 g/mol. The molecule has 1 amide bonds. The molecule has 0 aliphatic carbocycles. The van der Waals surface area contributed by atoms with Crippen LogP contribution in [0, 0.1) is 0 Å². The lowest BCUT2D eigenvalue weighted by molar-refractivity contribution is -0.137. The van der Waals surface area contributed by atoms with E-state index in [9.17, 15) is 18.0 Å². The van der Waals surface area contributed by atoms with Crippen molar-refractivity contribution in [1.29, 1.82) is 0 Å². The number of aromatic nitrogens is 1. The van der Waals surface area contributed by atoms with Gasteiger partial charge in [0.05, 0.1) is 29.0 Å². The molecule has 1 aromatic carbocycles. The number of rotatable bonds is 2. The van der Waals surface area contributed by atoms with Crippen molar-refractivity contribution in [1.82, 2.24) is 4.98 Å². The van der Waals surface area contributed by atoms with Crippen molar-refractivity contribution in [3.63, 3.8) is 0 Å². The first-order valence-electron chi connectivity index (χ1n) is 6.48. The normalized spacial score (nSPS) is 19.6. The summed E-state index contributed by atoms with van der Waals surface area (Å²) in [6, 6.07) is 2.76. The van der Waals surface area contributed by atoms with Gasteiger partial charge in [0.1, 0.15) is 6.04 Å². The third kappa shape index (κ3) is 2.73. The summed E-state index contributed by atoms with van der Waals surface area (Å²) in [5.74, 6) is -0.546. The molecule has 1 atom stereocenters. The number of morpholine rings is 1. The number of primary amides is 1. The van der Waals surface area contributed by atoms with E-state index >= 15 is 0 Å². The zero-order chi connectivity index (χ0) is 15.9. The van der Waals surface area contributed by atoms with Gasteiger partial charge in [-0.15, -0.1) is 0 Å². The number of amides is 1. The maximum absolute atomic E-state index is 12.7. The Kier molecular flexibility index (Phi) is 3.69. The molecule has 0 bridgehead atoms. The first-order chi connectivity index (χ1) is 10.4. The van der Waals surface area contributed by atoms with E-state index in [0.717, 1.165) is 12.1 Å². The fourth-order valence-corrected chi connectivity index (χ4v) is 3.30. The highest BCUT2D eigenvalue weighted by Gasteiger charge is 2.32. The van der Waals surface area contributed by atoms with Crippen molar-refractivity contribution in [2.45, 2.75) is 12.2 Å². The van der Waals surface area contributed by atoms with Crippen molar-refractivity contribution in [2.75, 3.05) is 24.7 Å². The van der Waals surface area contributed by atoms with Gasteiger partial charge in [-0.1, -0.05) is 11.3 Å². The van der Waals surface area contributed by atoms with Crippen molar-refractivity contribution in [3.8, 4) is 0 Å². The van der Waals surface area contributed by atoms with Gasteiger partial charge < -0.3 is 15.4 Å². The van der Waals surface area contributed by atoms with Crippen LogP contribution in [0.15, 0.2) is 18.2 Å². The van der Waals surface area contributed by atoms with Gasteiger partial charge in [0.15, 0.2) is 5.13 Å². The molecule has 1 aromatic heterocycles. The second-order valence-corrected chi connectivity index (χ2v) is 5.87. The lowest BCUT2D eigenvalue weighted by Gasteiger charge is -2.33. The molecule has 0 unspecified atom stereocenters. The van der Waals surface area contributed by atoms with Gasteiger partial charge >= 0.3 is 6.18 Å². The van der Waals surface area contributed by atoms with Gasteiger partial charge in [-0.3, -0.25) is 4.79 Å². The number of alkyl halides is 3. The number of halogens is 3. The standard InChI is InChI=1S/C13H12F3N3O2S/c14-13(15,16)7-1-2-10-8(5-7)18-12(22-10)19-3-4-21-6-9(19)11(17)20/h1-2,5,9H,3-4,6H2,(H2,17,20)/t9-/m1/s1. The molecule has 118 valence electrons. The fraction of sp³-hybridized carbons (Fsp3) is 0.385. The maximum Gasteiger partial charge on any atom is 0.416 e. The number of ether oxygens (including phenoxy) is 1. The van der Waals surface area contributed by atoms with Gasteiger partial charge in [-0.2, -0.15) is 13.2 Å². The van der Waals surface area contributed by atoms with Gasteiger partial charge in [0, 0.05) is 6.54 Å². The Hall–Kier alpha value is -1.87. The number of hydrogen-bond acceptors (Lipinski definition) is 5. The van der Waals surface area contributed by atoms with Gasteiger partial charge in [-0.05, 0) is 18.2 Å². The molecule has 5 nitrogen and oxygen atoms in total. The van der Waals surface area contributed by atoms with Crippen LogP contribution in [-0.4, -0.2) is 36.7 Å². The van der Waals surface area contributed by atoms with Crippen LogP contribution in [0.1, 0.15) is 5.56 Å². The summed E-state index contributed by atoms with van der Waals surface area (Å²) < 4.78 is 44.0. The largest absolute Gasteiger partial charge is 0.416 e. The Morgan fingerprint density at radius 3 is 2.91 bits per heavy atom. The van der Waals surface area contributed by atoms with Crippen LogP contribution in [0.2, 0.25) is 0 Å². The number of thiazole rings is 1. The molecule has 9 heteroatoms. The highest BCUT2D eigenvalue weighted by atomic mass is 32.1. The summed E-state index contributed by atoms with van der Waals surface area (Å²) >= 11 is 1.23. The molecule has 0 radical (unpaired) electrons. The topological polar surface area (TPSA) is 68.5 Å². The lowest BCUT2D eigenvalue weighted by Crippen LogP contribution is -2.52. The third-order valence-corrected chi connectivity index (χ3v) is 4.48. The smallest absolute Gasteiger partial charge is 0.377 e. The highest BCUT2D eigenvalue weighted by Crippen LogP contribution is 2.35. The van der Waals surface area contributed by atoms with E-state index in [1.165, 1.54) is 17.4 Å². The number of nitrogens with zero attached hydrogens (tertiary/aromatic N) is 2. The number of carbonyl (C=O) groups is 1. The van der Waals surface area contributed by atoms with E-state index in [2.05, 4.69) is 4.98 Å². The molecule has 1 aliphatic heterocycles. The highest BCUT2D eigenvalue weighted by molar-refractivity contribution is 7.22. The minimum atomic E-state index is -4.41. The van der Waals surface area contributed by atoms with Crippen LogP contribution in [0.5, 0.6) is 0 Å². The Balaban J connectivity index is 1.99. The molecule has 1 saturated heterocycles. The van der Waals surface area contributed by atoms with E-state index in [1.807, 2.05) is 0 Å². The summed E-state index contributed by atoms with van der Waals surface area (Å²) in [7, 11) is 0. The van der Waals surface area contributed by atoms with Crippen molar-refractivity contribution in [3.05, 3.63) is 23.8 Å². The Bertz CT molecular complexity index is 716. The summed E-state index contributed by atoms with van der Waals surface area (Å²) in [4.78, 5) is 17.4. The first kappa shape index (κ1) is 15.0. The molecular weight excluding hydrogens is 319 g/mol. The number of benzene rings is 1. The van der Waals surface area contributed by atoms with Crippen molar-refractivity contribution < 1.29 is 22.7 Å². The summed E-state index contributed by atoms with van der Waals surface area (Å²) in [6.45, 7) is 0.978. The van der Waals surface area contributed by atoms with Gasteiger partial charge in [-0.25, -0.2) is 4.98 Å². The lowest BCUT2D eigenvalue weighted by atomic mass is 10.2. The van der Waals surface area contributed by atoms with E-state index in [0.29, 0.717) is 23.0 Å². The molecule has 2 N–H and O–H groups in total. The van der Waals surface area contributed by atoms with E-state index < -0.39 is 23.7 Å². The van der Waals surface area contributed by atoms with Crippen LogP contribution in [-0.2, 0) is 15.7 Å². The molecule has 2 heterocycles. The molecule has 2 aromatic rings. The summed E-state index contributed by atoms with van der Waals surface area (Å²) in [5, 5.41) is 0.474.